The Morgan fingerprint density at radius 2 is 1.97 bits per heavy atom. The molecule has 0 atom stereocenters. The van der Waals surface area contributed by atoms with Crippen LogP contribution in [-0.4, -0.2) is 57.8 Å². The Bertz CT molecular complexity index is 764. The van der Waals surface area contributed by atoms with Gasteiger partial charge in [0.25, 0.3) is 0 Å². The number of hydrogen-bond donors (Lipinski definition) is 2. The lowest BCUT2D eigenvalue weighted by Crippen LogP contribution is -2.48. The van der Waals surface area contributed by atoms with Gasteiger partial charge < -0.3 is 15.2 Å². The Morgan fingerprint density at radius 3 is 2.66 bits per heavy atom. The number of hydrogen-bond acceptors (Lipinski definition) is 4. The van der Waals surface area contributed by atoms with E-state index in [-0.39, 0.29) is 5.82 Å². The van der Waals surface area contributed by atoms with Crippen LogP contribution in [0.25, 0.3) is 0 Å². The zero-order chi connectivity index (χ0) is 20.5. The highest BCUT2D eigenvalue weighted by molar-refractivity contribution is 5.80. The van der Waals surface area contributed by atoms with Gasteiger partial charge in [-0.1, -0.05) is 19.1 Å². The molecular weight excluding hydrogens is 369 g/mol. The van der Waals surface area contributed by atoms with Crippen molar-refractivity contribution < 1.29 is 4.39 Å². The molecule has 1 aromatic carbocycles. The average molecular weight is 402 g/mol. The predicted molar refractivity (Wildman–Crippen MR) is 113 cm³/mol. The van der Waals surface area contributed by atoms with E-state index in [9.17, 15) is 4.39 Å². The number of nitrogens with one attached hydrogen (secondary N) is 2. The van der Waals surface area contributed by atoms with Crippen LogP contribution in [0.3, 0.4) is 0 Å². The van der Waals surface area contributed by atoms with Crippen LogP contribution in [0.15, 0.2) is 35.6 Å². The summed E-state index contributed by atoms with van der Waals surface area (Å²) in [6, 6.07) is 7.22. The first-order chi connectivity index (χ1) is 14.2. The lowest BCUT2D eigenvalue weighted by Gasteiger charge is -2.33. The van der Waals surface area contributed by atoms with Gasteiger partial charge in [-0.2, -0.15) is 0 Å². The minimum atomic E-state index is -0.179. The second-order valence-corrected chi connectivity index (χ2v) is 7.38. The monoisotopic (exact) mass is 401 g/mol. The maximum absolute atomic E-state index is 13.1. The maximum Gasteiger partial charge on any atom is 0.191 e. The highest BCUT2D eigenvalue weighted by Crippen LogP contribution is 2.14. The van der Waals surface area contributed by atoms with E-state index in [1.54, 1.807) is 6.33 Å². The topological polar surface area (TPSA) is 70.4 Å². The molecule has 7 nitrogen and oxygen atoms in total. The van der Waals surface area contributed by atoms with E-state index < -0.39 is 0 Å². The van der Waals surface area contributed by atoms with Crippen molar-refractivity contribution in [3.63, 3.8) is 0 Å². The Labute approximate surface area is 172 Å². The molecule has 158 valence electrons. The second-order valence-electron chi connectivity index (χ2n) is 7.38. The van der Waals surface area contributed by atoms with Crippen molar-refractivity contribution in [3.05, 3.63) is 47.8 Å². The number of likely N-dealkylation sites (tertiary alicyclic amines) is 1. The van der Waals surface area contributed by atoms with Gasteiger partial charge in [0.2, 0.25) is 0 Å². The number of halogens is 1. The van der Waals surface area contributed by atoms with Crippen molar-refractivity contribution in [2.45, 2.75) is 52.2 Å². The van der Waals surface area contributed by atoms with Crippen LogP contribution < -0.4 is 10.6 Å². The molecule has 2 N–H and O–H groups in total. The van der Waals surface area contributed by atoms with Gasteiger partial charge in [0.1, 0.15) is 18.0 Å². The van der Waals surface area contributed by atoms with Crippen LogP contribution >= 0.6 is 0 Å². The molecule has 0 saturated carbocycles. The number of nitrogens with zero attached hydrogens (tertiary/aromatic N) is 5. The molecule has 3 rings (SSSR count). The summed E-state index contributed by atoms with van der Waals surface area (Å²) >= 11 is 0. The third-order valence-electron chi connectivity index (χ3n) is 5.21. The molecule has 0 radical (unpaired) electrons. The Balaban J connectivity index is 1.45. The molecule has 8 heteroatoms. The molecule has 0 amide bonds. The number of aliphatic imine (C=N–C) groups is 1. The molecule has 0 aliphatic carbocycles. The molecule has 0 bridgehead atoms. The first kappa shape index (κ1) is 21.2. The smallest absolute Gasteiger partial charge is 0.191 e. The predicted octanol–water partition coefficient (Wildman–Crippen LogP) is 2.20. The summed E-state index contributed by atoms with van der Waals surface area (Å²) in [7, 11) is 0. The lowest BCUT2D eigenvalue weighted by molar-refractivity contribution is 0.198. The van der Waals surface area contributed by atoms with Gasteiger partial charge in [-0.05, 0) is 37.5 Å². The van der Waals surface area contributed by atoms with E-state index in [1.807, 2.05) is 12.1 Å². The molecule has 1 saturated heterocycles. The molecule has 0 unspecified atom stereocenters. The van der Waals surface area contributed by atoms with Crippen molar-refractivity contribution in [3.8, 4) is 0 Å². The quantitative estimate of drug-likeness (QED) is 0.524. The van der Waals surface area contributed by atoms with Crippen LogP contribution in [-0.2, 0) is 19.5 Å². The van der Waals surface area contributed by atoms with Crippen molar-refractivity contribution in [1.29, 1.82) is 0 Å². The summed E-state index contributed by atoms with van der Waals surface area (Å²) in [5.74, 6) is 1.68. The Morgan fingerprint density at radius 1 is 1.21 bits per heavy atom. The van der Waals surface area contributed by atoms with E-state index in [1.165, 1.54) is 12.1 Å². The zero-order valence-corrected chi connectivity index (χ0v) is 17.4. The molecule has 29 heavy (non-hydrogen) atoms. The minimum absolute atomic E-state index is 0.179. The highest BCUT2D eigenvalue weighted by atomic mass is 19.1. The molecule has 1 fully saturated rings. The normalized spacial score (nSPS) is 16.2. The molecule has 2 aromatic rings. The number of benzene rings is 1. The van der Waals surface area contributed by atoms with Crippen LogP contribution in [0.4, 0.5) is 4.39 Å². The van der Waals surface area contributed by atoms with E-state index in [4.69, 9.17) is 4.99 Å². The third kappa shape index (κ3) is 6.52. The maximum atomic E-state index is 13.1. The highest BCUT2D eigenvalue weighted by Gasteiger charge is 2.20. The van der Waals surface area contributed by atoms with Crippen LogP contribution in [0.2, 0.25) is 0 Å². The van der Waals surface area contributed by atoms with Gasteiger partial charge in [0.15, 0.2) is 5.96 Å². The van der Waals surface area contributed by atoms with Crippen molar-refractivity contribution >= 4 is 5.96 Å². The number of guanidine groups is 1. The van der Waals surface area contributed by atoms with Crippen molar-refractivity contribution in [1.82, 2.24) is 30.3 Å². The zero-order valence-electron chi connectivity index (χ0n) is 17.4. The molecule has 0 spiro atoms. The van der Waals surface area contributed by atoms with Crippen LogP contribution in [0.1, 0.15) is 38.1 Å². The van der Waals surface area contributed by atoms with Crippen LogP contribution in [0, 0.1) is 5.82 Å². The van der Waals surface area contributed by atoms with Gasteiger partial charge >= 0.3 is 0 Å². The summed E-state index contributed by atoms with van der Waals surface area (Å²) in [5, 5.41) is 15.0. The second kappa shape index (κ2) is 10.9. The number of rotatable bonds is 8. The average Bonchev–Trinajstić information content (AvgIpc) is 3.19. The third-order valence-corrected chi connectivity index (χ3v) is 5.21. The Kier molecular flexibility index (Phi) is 7.98. The minimum Gasteiger partial charge on any atom is -0.357 e. The van der Waals surface area contributed by atoms with Gasteiger partial charge in [0.05, 0.1) is 6.54 Å². The summed E-state index contributed by atoms with van der Waals surface area (Å²) in [6.45, 7) is 9.38. The number of aryl methyl sites for hydroxylation is 1. The standard InChI is InChI=1S/C21H32FN7/c1-3-20-27-25-16-29(20)14-11-24-21(23-4-2)26-19-9-12-28(13-10-19)15-17-5-7-18(22)8-6-17/h5-8,16,19H,3-4,9-15H2,1-2H3,(H2,23,24,26). The van der Waals surface area contributed by atoms with Crippen LogP contribution in [0.5, 0.6) is 0 Å². The first-order valence-electron chi connectivity index (χ1n) is 10.6. The fraction of sp³-hybridized carbons (Fsp3) is 0.571. The van der Waals surface area contributed by atoms with E-state index in [2.05, 4.69) is 44.1 Å². The summed E-state index contributed by atoms with van der Waals surface area (Å²) in [5.41, 5.74) is 1.16. The SMILES string of the molecule is CCNC(=NCCn1cnnc1CC)NC1CCN(Cc2ccc(F)cc2)CC1. The molecule has 1 aliphatic rings. The fourth-order valence-corrected chi connectivity index (χ4v) is 3.61. The van der Waals surface area contributed by atoms with Gasteiger partial charge in [-0.15, -0.1) is 10.2 Å². The fourth-order valence-electron chi connectivity index (χ4n) is 3.61. The van der Waals surface area contributed by atoms with Crippen molar-refractivity contribution in [2.75, 3.05) is 26.2 Å². The molecular formula is C21H32FN7. The Hall–Kier alpha value is -2.48. The first-order valence-corrected chi connectivity index (χ1v) is 10.6. The van der Waals surface area contributed by atoms with Gasteiger partial charge in [-0.25, -0.2) is 4.39 Å². The van der Waals surface area contributed by atoms with Gasteiger partial charge in [-0.3, -0.25) is 9.89 Å². The molecule has 2 heterocycles. The van der Waals surface area contributed by atoms with Gasteiger partial charge in [0, 0.05) is 45.2 Å². The summed E-state index contributed by atoms with van der Waals surface area (Å²) in [6.07, 6.45) is 4.78. The number of aromatic nitrogens is 3. The molecule has 1 aromatic heterocycles. The van der Waals surface area contributed by atoms with E-state index in [0.29, 0.717) is 12.6 Å². The molecule has 1 aliphatic heterocycles. The lowest BCUT2D eigenvalue weighted by atomic mass is 10.0. The largest absolute Gasteiger partial charge is 0.357 e. The summed E-state index contributed by atoms with van der Waals surface area (Å²) in [4.78, 5) is 7.15. The van der Waals surface area contributed by atoms with E-state index >= 15 is 0 Å². The number of piperidine rings is 1. The van der Waals surface area contributed by atoms with Crippen molar-refractivity contribution in [2.24, 2.45) is 4.99 Å². The summed E-state index contributed by atoms with van der Waals surface area (Å²) < 4.78 is 15.1. The van der Waals surface area contributed by atoms with E-state index in [0.717, 1.165) is 69.3 Å².